The lowest BCUT2D eigenvalue weighted by molar-refractivity contribution is -0.138. The highest BCUT2D eigenvalue weighted by atomic mass is 16.5. The molecule has 0 saturated carbocycles. The van der Waals surface area contributed by atoms with E-state index in [0.717, 1.165) is 0 Å². The van der Waals surface area contributed by atoms with Crippen molar-refractivity contribution < 1.29 is 23.9 Å². The Labute approximate surface area is 122 Å². The van der Waals surface area contributed by atoms with Crippen LogP contribution in [-0.4, -0.2) is 24.3 Å². The molecule has 0 atom stereocenters. The molecule has 0 bridgehead atoms. The van der Waals surface area contributed by atoms with Crippen molar-refractivity contribution in [3.8, 4) is 5.75 Å². The lowest BCUT2D eigenvalue weighted by atomic mass is 10.1. The zero-order chi connectivity index (χ0) is 16.0. The first-order valence-electron chi connectivity index (χ1n) is 6.15. The third-order valence-electron chi connectivity index (χ3n) is 2.42. The van der Waals surface area contributed by atoms with E-state index in [1.807, 2.05) is 0 Å². The van der Waals surface area contributed by atoms with Crippen LogP contribution in [0.2, 0.25) is 0 Å². The highest BCUT2D eigenvalue weighted by Gasteiger charge is 2.17. The van der Waals surface area contributed by atoms with E-state index < -0.39 is 24.3 Å². The molecular formula is C16H16O5. The van der Waals surface area contributed by atoms with Crippen LogP contribution in [0.15, 0.2) is 48.6 Å². The highest BCUT2D eigenvalue weighted by molar-refractivity contribution is 6.02. The Morgan fingerprint density at radius 1 is 1.00 bits per heavy atom. The number of benzene rings is 1. The summed E-state index contributed by atoms with van der Waals surface area (Å²) >= 11 is 0. The number of esters is 2. The van der Waals surface area contributed by atoms with Gasteiger partial charge < -0.3 is 9.47 Å². The SMILES string of the molecule is C=C(C)C(=O)OCC(=O)c1ccccc1OC(=O)C(=C)C. The zero-order valence-corrected chi connectivity index (χ0v) is 12.0. The average Bonchev–Trinajstić information content (AvgIpc) is 2.44. The molecule has 0 aliphatic heterocycles. The predicted molar refractivity (Wildman–Crippen MR) is 77.0 cm³/mol. The smallest absolute Gasteiger partial charge is 0.338 e. The van der Waals surface area contributed by atoms with Crippen molar-refractivity contribution >= 4 is 17.7 Å². The normalized spacial score (nSPS) is 9.62. The minimum atomic E-state index is -0.653. The topological polar surface area (TPSA) is 69.7 Å². The number of hydrogen-bond donors (Lipinski definition) is 0. The van der Waals surface area contributed by atoms with Gasteiger partial charge in [-0.1, -0.05) is 25.3 Å². The van der Waals surface area contributed by atoms with E-state index in [1.54, 1.807) is 12.1 Å². The highest BCUT2D eigenvalue weighted by Crippen LogP contribution is 2.19. The Bertz CT molecular complexity index is 613. The molecular weight excluding hydrogens is 272 g/mol. The third-order valence-corrected chi connectivity index (χ3v) is 2.42. The van der Waals surface area contributed by atoms with Gasteiger partial charge >= 0.3 is 11.9 Å². The van der Waals surface area contributed by atoms with Crippen LogP contribution in [0.1, 0.15) is 24.2 Å². The van der Waals surface area contributed by atoms with E-state index in [9.17, 15) is 14.4 Å². The van der Waals surface area contributed by atoms with E-state index in [0.29, 0.717) is 0 Å². The quantitative estimate of drug-likeness (QED) is 0.348. The summed E-state index contributed by atoms with van der Waals surface area (Å²) in [5.74, 6) is -1.66. The second kappa shape index (κ2) is 7.19. The molecule has 5 heteroatoms. The van der Waals surface area contributed by atoms with Gasteiger partial charge in [-0.05, 0) is 26.0 Å². The number of ketones is 1. The van der Waals surface area contributed by atoms with Gasteiger partial charge in [0.1, 0.15) is 5.75 Å². The Balaban J connectivity index is 2.85. The Morgan fingerprint density at radius 2 is 1.57 bits per heavy atom. The number of carbonyl (C=O) groups excluding carboxylic acids is 3. The van der Waals surface area contributed by atoms with Crippen molar-refractivity contribution in [1.82, 2.24) is 0 Å². The Morgan fingerprint density at radius 3 is 2.14 bits per heavy atom. The summed E-state index contributed by atoms with van der Waals surface area (Å²) < 4.78 is 9.85. The summed E-state index contributed by atoms with van der Waals surface area (Å²) in [6, 6.07) is 6.20. The summed E-state index contributed by atoms with van der Waals surface area (Å²) in [5, 5.41) is 0. The summed E-state index contributed by atoms with van der Waals surface area (Å²) in [6.45, 7) is 9.42. The van der Waals surface area contributed by atoms with Crippen LogP contribution in [0.4, 0.5) is 0 Å². The van der Waals surface area contributed by atoms with Crippen LogP contribution in [0.25, 0.3) is 0 Å². The number of Topliss-reactive ketones (excluding diaryl/α,β-unsaturated/α-hetero) is 1. The van der Waals surface area contributed by atoms with Crippen LogP contribution < -0.4 is 4.74 Å². The van der Waals surface area contributed by atoms with Gasteiger partial charge in [0.05, 0.1) is 5.56 Å². The maximum Gasteiger partial charge on any atom is 0.338 e. The van der Waals surface area contributed by atoms with Gasteiger partial charge in [0.15, 0.2) is 6.61 Å². The van der Waals surface area contributed by atoms with Gasteiger partial charge in [-0.3, -0.25) is 4.79 Å². The van der Waals surface area contributed by atoms with E-state index >= 15 is 0 Å². The Kier molecular flexibility index (Phi) is 5.60. The second-order valence-corrected chi connectivity index (χ2v) is 4.45. The third kappa shape index (κ3) is 4.72. The first-order valence-corrected chi connectivity index (χ1v) is 6.15. The molecule has 0 saturated heterocycles. The molecule has 0 aliphatic carbocycles. The number of ether oxygens (including phenoxy) is 2. The largest absolute Gasteiger partial charge is 0.454 e. The number of para-hydroxylation sites is 1. The lowest BCUT2D eigenvalue weighted by Gasteiger charge is -2.09. The molecule has 1 aromatic rings. The molecule has 5 nitrogen and oxygen atoms in total. The molecule has 1 rings (SSSR count). The van der Waals surface area contributed by atoms with Gasteiger partial charge in [0.2, 0.25) is 5.78 Å². The minimum absolute atomic E-state index is 0.0990. The monoisotopic (exact) mass is 288 g/mol. The second-order valence-electron chi connectivity index (χ2n) is 4.45. The molecule has 0 unspecified atom stereocenters. The minimum Gasteiger partial charge on any atom is -0.454 e. The van der Waals surface area contributed by atoms with E-state index in [2.05, 4.69) is 13.2 Å². The number of rotatable bonds is 6. The van der Waals surface area contributed by atoms with Crippen molar-refractivity contribution in [2.75, 3.05) is 6.61 Å². The van der Waals surface area contributed by atoms with Crippen molar-refractivity contribution in [3.63, 3.8) is 0 Å². The van der Waals surface area contributed by atoms with Gasteiger partial charge in [-0.15, -0.1) is 0 Å². The van der Waals surface area contributed by atoms with Crippen molar-refractivity contribution in [1.29, 1.82) is 0 Å². The summed E-state index contributed by atoms with van der Waals surface area (Å²) in [6.07, 6.45) is 0. The molecule has 1 aromatic carbocycles. The fraction of sp³-hybridized carbons (Fsp3) is 0.188. The van der Waals surface area contributed by atoms with Crippen molar-refractivity contribution in [2.24, 2.45) is 0 Å². The number of hydrogen-bond acceptors (Lipinski definition) is 5. The molecule has 0 spiro atoms. The molecule has 0 radical (unpaired) electrons. The first-order chi connectivity index (χ1) is 9.82. The molecule has 0 N–H and O–H groups in total. The van der Waals surface area contributed by atoms with Crippen LogP contribution >= 0.6 is 0 Å². The van der Waals surface area contributed by atoms with Gasteiger partial charge in [-0.2, -0.15) is 0 Å². The van der Waals surface area contributed by atoms with Crippen LogP contribution in [0.5, 0.6) is 5.75 Å². The van der Waals surface area contributed by atoms with Crippen molar-refractivity contribution in [3.05, 3.63) is 54.1 Å². The first kappa shape index (κ1) is 16.4. The fourth-order valence-electron chi connectivity index (χ4n) is 1.31. The molecule has 0 amide bonds. The average molecular weight is 288 g/mol. The summed E-state index contributed by atoms with van der Waals surface area (Å²) in [4.78, 5) is 34.8. The molecule has 110 valence electrons. The Hall–Kier alpha value is -2.69. The molecule has 0 aliphatic rings. The molecule has 21 heavy (non-hydrogen) atoms. The van der Waals surface area contributed by atoms with Gasteiger partial charge in [0, 0.05) is 11.1 Å². The van der Waals surface area contributed by atoms with E-state index in [4.69, 9.17) is 9.47 Å². The molecule has 0 heterocycles. The maximum atomic E-state index is 12.0. The fourth-order valence-corrected chi connectivity index (χ4v) is 1.31. The van der Waals surface area contributed by atoms with Crippen LogP contribution in [0, 0.1) is 0 Å². The van der Waals surface area contributed by atoms with Gasteiger partial charge in [0.25, 0.3) is 0 Å². The predicted octanol–water partition coefficient (Wildman–Crippen LogP) is 2.47. The molecule has 0 aromatic heterocycles. The lowest BCUT2D eigenvalue weighted by Crippen LogP contribution is -2.17. The van der Waals surface area contributed by atoms with Gasteiger partial charge in [-0.25, -0.2) is 9.59 Å². The van der Waals surface area contributed by atoms with E-state index in [1.165, 1.54) is 26.0 Å². The van der Waals surface area contributed by atoms with Crippen molar-refractivity contribution in [2.45, 2.75) is 13.8 Å². The molecule has 0 fully saturated rings. The van der Waals surface area contributed by atoms with E-state index in [-0.39, 0.29) is 22.5 Å². The summed E-state index contributed by atoms with van der Waals surface area (Å²) in [5.41, 5.74) is 0.567. The standard InChI is InChI=1S/C16H16O5/c1-10(2)15(18)20-9-13(17)12-7-5-6-8-14(12)21-16(19)11(3)4/h5-8H,1,3,9H2,2,4H3. The van der Waals surface area contributed by atoms with Crippen LogP contribution in [-0.2, 0) is 14.3 Å². The number of carbonyl (C=O) groups is 3. The van der Waals surface area contributed by atoms with Crippen LogP contribution in [0.3, 0.4) is 0 Å². The summed E-state index contributed by atoms with van der Waals surface area (Å²) in [7, 11) is 0. The maximum absolute atomic E-state index is 12.0. The zero-order valence-electron chi connectivity index (χ0n) is 12.0.